The number of hydrogen-bond acceptors (Lipinski definition) is 5. The molecule has 0 bridgehead atoms. The first-order chi connectivity index (χ1) is 13.7. The third-order valence-corrected chi connectivity index (χ3v) is 4.73. The number of carbonyl (C=O) groups excluding carboxylic acids is 3. The van der Waals surface area contributed by atoms with Crippen molar-refractivity contribution in [2.75, 3.05) is 5.32 Å². The largest absolute Gasteiger partial charge is 0.325 e. The van der Waals surface area contributed by atoms with Crippen molar-refractivity contribution in [1.29, 1.82) is 0 Å². The van der Waals surface area contributed by atoms with Gasteiger partial charge in [-0.1, -0.05) is 12.1 Å². The number of hydrogen-bond donors (Lipinski definition) is 2. The van der Waals surface area contributed by atoms with Crippen molar-refractivity contribution in [1.82, 2.24) is 24.8 Å². The molecule has 0 saturated carbocycles. The fourth-order valence-electron chi connectivity index (χ4n) is 3.16. The standard InChI is InChI=1S/C20H20N6O3/c1-12-8-21-16-15(9-22-26(16)10-12)17(27)23-14-6-4-13(5-7-14)11-25-18(28)20(2,3)24-19(25)29/h4-10H,11H2,1-3H3,(H,23,27)(H,24,29). The smallest absolute Gasteiger partial charge is 0.324 e. The fourth-order valence-corrected chi connectivity index (χ4v) is 3.16. The summed E-state index contributed by atoms with van der Waals surface area (Å²) in [4.78, 5) is 42.3. The van der Waals surface area contributed by atoms with Gasteiger partial charge in [-0.2, -0.15) is 5.10 Å². The van der Waals surface area contributed by atoms with Crippen LogP contribution in [0.15, 0.2) is 42.9 Å². The molecular weight excluding hydrogens is 372 g/mol. The molecule has 0 aliphatic carbocycles. The average molecular weight is 392 g/mol. The zero-order valence-corrected chi connectivity index (χ0v) is 16.3. The summed E-state index contributed by atoms with van der Waals surface area (Å²) in [7, 11) is 0. The average Bonchev–Trinajstić information content (AvgIpc) is 3.16. The van der Waals surface area contributed by atoms with E-state index in [0.29, 0.717) is 16.9 Å². The number of rotatable bonds is 4. The van der Waals surface area contributed by atoms with Crippen LogP contribution >= 0.6 is 0 Å². The van der Waals surface area contributed by atoms with Crippen molar-refractivity contribution >= 4 is 29.2 Å². The molecule has 29 heavy (non-hydrogen) atoms. The summed E-state index contributed by atoms with van der Waals surface area (Å²) >= 11 is 0. The first-order valence-corrected chi connectivity index (χ1v) is 9.09. The molecule has 9 nitrogen and oxygen atoms in total. The lowest BCUT2D eigenvalue weighted by atomic mass is 10.1. The Hall–Kier alpha value is -3.75. The number of urea groups is 1. The molecule has 1 saturated heterocycles. The molecule has 148 valence electrons. The number of imide groups is 1. The highest BCUT2D eigenvalue weighted by molar-refractivity contribution is 6.08. The Morgan fingerprint density at radius 2 is 1.90 bits per heavy atom. The summed E-state index contributed by atoms with van der Waals surface area (Å²) in [6, 6.07) is 6.56. The molecular formula is C20H20N6O3. The fraction of sp³-hybridized carbons (Fsp3) is 0.250. The summed E-state index contributed by atoms with van der Waals surface area (Å²) in [6.45, 7) is 5.40. The van der Waals surface area contributed by atoms with Gasteiger partial charge in [0.25, 0.3) is 11.8 Å². The molecule has 1 aliphatic heterocycles. The van der Waals surface area contributed by atoms with Crippen molar-refractivity contribution < 1.29 is 14.4 Å². The number of aromatic nitrogens is 3. The van der Waals surface area contributed by atoms with Gasteiger partial charge in [0.1, 0.15) is 11.1 Å². The second-order valence-electron chi connectivity index (χ2n) is 7.56. The molecule has 0 atom stereocenters. The van der Waals surface area contributed by atoms with E-state index in [2.05, 4.69) is 20.7 Å². The Morgan fingerprint density at radius 1 is 1.17 bits per heavy atom. The highest BCUT2D eigenvalue weighted by Crippen LogP contribution is 2.20. The van der Waals surface area contributed by atoms with Crippen LogP contribution in [-0.4, -0.2) is 42.9 Å². The maximum Gasteiger partial charge on any atom is 0.325 e. The van der Waals surface area contributed by atoms with Gasteiger partial charge in [0.15, 0.2) is 5.65 Å². The van der Waals surface area contributed by atoms with E-state index < -0.39 is 11.6 Å². The highest BCUT2D eigenvalue weighted by Gasteiger charge is 2.44. The monoisotopic (exact) mass is 392 g/mol. The molecule has 1 aromatic carbocycles. The van der Waals surface area contributed by atoms with Gasteiger partial charge in [-0.25, -0.2) is 14.3 Å². The Bertz CT molecular complexity index is 1130. The van der Waals surface area contributed by atoms with Crippen LogP contribution < -0.4 is 10.6 Å². The summed E-state index contributed by atoms with van der Waals surface area (Å²) in [5.41, 5.74) is 2.25. The second kappa shape index (κ2) is 6.69. The maximum atomic E-state index is 12.6. The van der Waals surface area contributed by atoms with Crippen LogP contribution in [0, 0.1) is 6.92 Å². The Labute approximate surface area is 166 Å². The van der Waals surface area contributed by atoms with E-state index in [1.165, 1.54) is 11.1 Å². The van der Waals surface area contributed by atoms with Gasteiger partial charge in [-0.15, -0.1) is 0 Å². The Morgan fingerprint density at radius 3 is 2.55 bits per heavy atom. The van der Waals surface area contributed by atoms with Gasteiger partial charge >= 0.3 is 6.03 Å². The molecule has 1 aliphatic rings. The molecule has 2 N–H and O–H groups in total. The summed E-state index contributed by atoms with van der Waals surface area (Å²) in [5, 5.41) is 9.62. The molecule has 4 amide bonds. The molecule has 4 rings (SSSR count). The summed E-state index contributed by atoms with van der Waals surface area (Å²) < 4.78 is 1.56. The molecule has 0 radical (unpaired) electrons. The lowest BCUT2D eigenvalue weighted by Gasteiger charge is -2.16. The number of benzene rings is 1. The molecule has 9 heteroatoms. The van der Waals surface area contributed by atoms with E-state index in [4.69, 9.17) is 0 Å². The molecule has 3 heterocycles. The predicted octanol–water partition coefficient (Wildman–Crippen LogP) is 2.12. The number of nitrogens with one attached hydrogen (secondary N) is 2. The second-order valence-corrected chi connectivity index (χ2v) is 7.56. The number of nitrogens with zero attached hydrogens (tertiary/aromatic N) is 4. The molecule has 3 aromatic rings. The van der Waals surface area contributed by atoms with Gasteiger partial charge in [-0.3, -0.25) is 14.5 Å². The minimum atomic E-state index is -0.897. The molecule has 0 spiro atoms. The van der Waals surface area contributed by atoms with E-state index in [-0.39, 0.29) is 18.4 Å². The first-order valence-electron chi connectivity index (χ1n) is 9.09. The highest BCUT2D eigenvalue weighted by atomic mass is 16.2. The number of carbonyl (C=O) groups is 3. The number of amides is 4. The molecule has 0 unspecified atom stereocenters. The van der Waals surface area contributed by atoms with E-state index >= 15 is 0 Å². The normalized spacial score (nSPS) is 15.6. The summed E-state index contributed by atoms with van der Waals surface area (Å²) in [6.07, 6.45) is 4.95. The molecule has 2 aromatic heterocycles. The summed E-state index contributed by atoms with van der Waals surface area (Å²) in [5.74, 6) is -0.587. The van der Waals surface area contributed by atoms with Crippen LogP contribution in [0.2, 0.25) is 0 Å². The van der Waals surface area contributed by atoms with Gasteiger partial charge in [-0.05, 0) is 44.0 Å². The van der Waals surface area contributed by atoms with E-state index in [0.717, 1.165) is 11.1 Å². The SMILES string of the molecule is Cc1cnc2c(C(=O)Nc3ccc(CN4C(=O)NC(C)(C)C4=O)cc3)cnn2c1. The van der Waals surface area contributed by atoms with Crippen LogP contribution in [0.25, 0.3) is 5.65 Å². The number of aryl methyl sites for hydroxylation is 1. The maximum absolute atomic E-state index is 12.6. The zero-order valence-electron chi connectivity index (χ0n) is 16.3. The minimum Gasteiger partial charge on any atom is -0.324 e. The number of fused-ring (bicyclic) bond motifs is 1. The van der Waals surface area contributed by atoms with Crippen molar-refractivity contribution in [3.8, 4) is 0 Å². The van der Waals surface area contributed by atoms with Crippen molar-refractivity contribution in [3.63, 3.8) is 0 Å². The van der Waals surface area contributed by atoms with E-state index in [9.17, 15) is 14.4 Å². The van der Waals surface area contributed by atoms with Crippen LogP contribution in [-0.2, 0) is 11.3 Å². The van der Waals surface area contributed by atoms with Crippen molar-refractivity contribution in [3.05, 3.63) is 59.5 Å². The number of anilines is 1. The minimum absolute atomic E-state index is 0.166. The van der Waals surface area contributed by atoms with Crippen LogP contribution in [0.4, 0.5) is 10.5 Å². The van der Waals surface area contributed by atoms with Crippen molar-refractivity contribution in [2.45, 2.75) is 32.9 Å². The van der Waals surface area contributed by atoms with Gasteiger partial charge in [0, 0.05) is 18.1 Å². The van der Waals surface area contributed by atoms with Crippen LogP contribution in [0.3, 0.4) is 0 Å². The Balaban J connectivity index is 1.46. The zero-order chi connectivity index (χ0) is 20.8. The quantitative estimate of drug-likeness (QED) is 0.661. The lowest BCUT2D eigenvalue weighted by Crippen LogP contribution is -2.40. The molecule has 1 fully saturated rings. The van der Waals surface area contributed by atoms with Gasteiger partial charge in [0.05, 0.1) is 12.7 Å². The topological polar surface area (TPSA) is 109 Å². The van der Waals surface area contributed by atoms with Crippen LogP contribution in [0.5, 0.6) is 0 Å². The third kappa shape index (κ3) is 3.42. The third-order valence-electron chi connectivity index (χ3n) is 4.73. The lowest BCUT2D eigenvalue weighted by molar-refractivity contribution is -0.130. The van der Waals surface area contributed by atoms with Gasteiger partial charge in [0.2, 0.25) is 0 Å². The van der Waals surface area contributed by atoms with Crippen LogP contribution in [0.1, 0.15) is 35.3 Å². The Kier molecular flexibility index (Phi) is 4.30. The van der Waals surface area contributed by atoms with Gasteiger partial charge < -0.3 is 10.6 Å². The first kappa shape index (κ1) is 18.6. The van der Waals surface area contributed by atoms with Crippen molar-refractivity contribution in [2.24, 2.45) is 0 Å². The van der Waals surface area contributed by atoms with E-state index in [1.807, 2.05) is 6.92 Å². The predicted molar refractivity (Wildman–Crippen MR) is 105 cm³/mol. The van der Waals surface area contributed by atoms with E-state index in [1.54, 1.807) is 55.0 Å².